The van der Waals surface area contributed by atoms with Gasteiger partial charge in [-0.3, -0.25) is 14.5 Å². The number of ether oxygens (including phenoxy) is 2. The number of para-hydroxylation sites is 1. The number of rotatable bonds is 9. The third-order valence-corrected chi connectivity index (χ3v) is 5.97. The number of hydrogen-bond acceptors (Lipinski definition) is 6. The molecule has 0 aliphatic carbocycles. The minimum Gasteiger partial charge on any atom is -0.497 e. The number of morpholine rings is 1. The zero-order valence-electron chi connectivity index (χ0n) is 20.7. The zero-order valence-corrected chi connectivity index (χ0v) is 20.7. The van der Waals surface area contributed by atoms with Crippen LogP contribution in [0.25, 0.3) is 0 Å². The molecule has 1 heterocycles. The maximum Gasteiger partial charge on any atom is 0.257 e. The number of amides is 2. The lowest BCUT2D eigenvalue weighted by Crippen LogP contribution is -2.36. The van der Waals surface area contributed by atoms with Gasteiger partial charge in [-0.15, -0.1) is 0 Å². The van der Waals surface area contributed by atoms with E-state index in [0.717, 1.165) is 31.9 Å². The molecule has 0 unspecified atom stereocenters. The Balaban J connectivity index is 1.31. The third-order valence-electron chi connectivity index (χ3n) is 5.97. The molecular formula is C28H32N4O4. The lowest BCUT2D eigenvalue weighted by Gasteiger charge is -2.29. The molecule has 188 valence electrons. The lowest BCUT2D eigenvalue weighted by atomic mass is 10.1. The number of methoxy groups -OCH3 is 1. The number of anilines is 3. The molecule has 2 N–H and O–H groups in total. The monoisotopic (exact) mass is 488 g/mol. The van der Waals surface area contributed by atoms with Gasteiger partial charge in [0, 0.05) is 31.0 Å². The Morgan fingerprint density at radius 1 is 0.944 bits per heavy atom. The molecule has 4 rings (SSSR count). The Morgan fingerprint density at radius 2 is 1.64 bits per heavy atom. The molecule has 36 heavy (non-hydrogen) atoms. The van der Waals surface area contributed by atoms with Gasteiger partial charge in [-0.1, -0.05) is 24.3 Å². The number of likely N-dealkylation sites (N-methyl/N-ethyl adjacent to an activating group) is 1. The molecule has 0 saturated carbocycles. The van der Waals surface area contributed by atoms with E-state index in [2.05, 4.69) is 39.8 Å². The Labute approximate surface area is 211 Å². The Morgan fingerprint density at radius 3 is 2.33 bits per heavy atom. The highest BCUT2D eigenvalue weighted by Crippen LogP contribution is 2.20. The second-order valence-electron chi connectivity index (χ2n) is 8.71. The van der Waals surface area contributed by atoms with Crippen LogP contribution in [0, 0.1) is 0 Å². The summed E-state index contributed by atoms with van der Waals surface area (Å²) in [6.45, 7) is 4.14. The van der Waals surface area contributed by atoms with E-state index in [0.29, 0.717) is 29.2 Å². The quantitative estimate of drug-likeness (QED) is 0.476. The van der Waals surface area contributed by atoms with Crippen LogP contribution >= 0.6 is 0 Å². The molecule has 0 aromatic heterocycles. The van der Waals surface area contributed by atoms with E-state index < -0.39 is 0 Å². The number of carbonyl (C=O) groups excluding carboxylic acids is 2. The summed E-state index contributed by atoms with van der Waals surface area (Å²) in [4.78, 5) is 29.9. The van der Waals surface area contributed by atoms with Gasteiger partial charge in [-0.05, 0) is 61.1 Å². The first-order valence-corrected chi connectivity index (χ1v) is 12.0. The second kappa shape index (κ2) is 12.2. The van der Waals surface area contributed by atoms with Crippen molar-refractivity contribution in [3.63, 3.8) is 0 Å². The Hall–Kier alpha value is -3.88. The highest BCUT2D eigenvalue weighted by Gasteiger charge is 2.15. The van der Waals surface area contributed by atoms with Gasteiger partial charge in [0.25, 0.3) is 5.91 Å². The molecule has 3 aromatic carbocycles. The average Bonchev–Trinajstić information content (AvgIpc) is 2.90. The van der Waals surface area contributed by atoms with Gasteiger partial charge in [0.05, 0.1) is 38.1 Å². The minimum atomic E-state index is -0.301. The highest BCUT2D eigenvalue weighted by atomic mass is 16.5. The summed E-state index contributed by atoms with van der Waals surface area (Å²) in [5.41, 5.74) is 3.81. The molecule has 1 aliphatic rings. The minimum absolute atomic E-state index is 0.188. The molecule has 8 nitrogen and oxygen atoms in total. The number of nitrogens with zero attached hydrogens (tertiary/aromatic N) is 2. The van der Waals surface area contributed by atoms with E-state index in [9.17, 15) is 9.59 Å². The third kappa shape index (κ3) is 6.84. The first kappa shape index (κ1) is 25.2. The predicted octanol–water partition coefficient (Wildman–Crippen LogP) is 3.85. The van der Waals surface area contributed by atoms with Crippen molar-refractivity contribution in [2.45, 2.75) is 6.54 Å². The molecule has 0 spiro atoms. The summed E-state index contributed by atoms with van der Waals surface area (Å²) in [6.07, 6.45) is 0. The van der Waals surface area contributed by atoms with Gasteiger partial charge in [-0.2, -0.15) is 0 Å². The fourth-order valence-electron chi connectivity index (χ4n) is 4.10. The van der Waals surface area contributed by atoms with Crippen LogP contribution in [0.1, 0.15) is 15.9 Å². The van der Waals surface area contributed by atoms with Gasteiger partial charge in [0.15, 0.2) is 0 Å². The van der Waals surface area contributed by atoms with Crippen LogP contribution in [-0.2, 0) is 16.1 Å². The van der Waals surface area contributed by atoms with Crippen molar-refractivity contribution in [3.05, 3.63) is 83.9 Å². The van der Waals surface area contributed by atoms with Gasteiger partial charge in [-0.25, -0.2) is 0 Å². The van der Waals surface area contributed by atoms with Crippen LogP contribution in [-0.4, -0.2) is 63.7 Å². The van der Waals surface area contributed by atoms with Crippen molar-refractivity contribution < 1.29 is 19.1 Å². The number of hydrogen-bond donors (Lipinski definition) is 2. The van der Waals surface area contributed by atoms with E-state index in [1.807, 2.05) is 11.9 Å². The second-order valence-corrected chi connectivity index (χ2v) is 8.71. The number of benzene rings is 3. The normalized spacial score (nSPS) is 13.4. The number of nitrogens with one attached hydrogen (secondary N) is 2. The van der Waals surface area contributed by atoms with Crippen molar-refractivity contribution >= 4 is 28.9 Å². The van der Waals surface area contributed by atoms with Crippen molar-refractivity contribution in [3.8, 4) is 5.75 Å². The lowest BCUT2D eigenvalue weighted by molar-refractivity contribution is -0.117. The van der Waals surface area contributed by atoms with Crippen LogP contribution in [0.2, 0.25) is 0 Å². The van der Waals surface area contributed by atoms with Crippen LogP contribution in [0.15, 0.2) is 72.8 Å². The molecule has 0 radical (unpaired) electrons. The van der Waals surface area contributed by atoms with Crippen LogP contribution < -0.4 is 20.3 Å². The molecule has 1 fully saturated rings. The molecule has 2 amide bonds. The van der Waals surface area contributed by atoms with Crippen LogP contribution in [0.5, 0.6) is 5.75 Å². The van der Waals surface area contributed by atoms with Crippen molar-refractivity contribution in [1.29, 1.82) is 0 Å². The summed E-state index contributed by atoms with van der Waals surface area (Å²) in [5, 5.41) is 5.74. The summed E-state index contributed by atoms with van der Waals surface area (Å²) >= 11 is 0. The molecule has 0 atom stereocenters. The van der Waals surface area contributed by atoms with E-state index in [1.54, 1.807) is 55.6 Å². The van der Waals surface area contributed by atoms with Gasteiger partial charge >= 0.3 is 0 Å². The first-order chi connectivity index (χ1) is 17.5. The molecular weight excluding hydrogens is 456 g/mol. The summed E-state index contributed by atoms with van der Waals surface area (Å²) in [5.74, 6) is 0.217. The molecule has 8 heteroatoms. The molecule has 0 bridgehead atoms. The zero-order chi connectivity index (χ0) is 25.3. The van der Waals surface area contributed by atoms with Crippen molar-refractivity contribution in [2.24, 2.45) is 0 Å². The van der Waals surface area contributed by atoms with Gasteiger partial charge in [0.2, 0.25) is 5.91 Å². The standard InChI is InChI=1S/C28H32N4O4/c1-31(19-21-7-11-23(12-8-21)32-15-17-36-18-16-32)20-27(33)30-26-6-4-3-5-25(26)28(34)29-22-9-13-24(35-2)14-10-22/h3-14H,15-20H2,1-2H3,(H,29,34)(H,30,33). The number of carbonyl (C=O) groups is 2. The SMILES string of the molecule is COc1ccc(NC(=O)c2ccccc2NC(=O)CN(C)Cc2ccc(N3CCOCC3)cc2)cc1. The van der Waals surface area contributed by atoms with Crippen molar-refractivity contribution in [1.82, 2.24) is 4.90 Å². The summed E-state index contributed by atoms with van der Waals surface area (Å²) in [6, 6.07) is 22.5. The smallest absolute Gasteiger partial charge is 0.257 e. The van der Waals surface area contributed by atoms with E-state index in [4.69, 9.17) is 9.47 Å². The van der Waals surface area contributed by atoms with Gasteiger partial charge in [0.1, 0.15) is 5.75 Å². The van der Waals surface area contributed by atoms with E-state index in [1.165, 1.54) is 5.69 Å². The van der Waals surface area contributed by atoms with E-state index in [-0.39, 0.29) is 18.4 Å². The topological polar surface area (TPSA) is 83.1 Å². The maximum atomic E-state index is 12.9. The van der Waals surface area contributed by atoms with E-state index >= 15 is 0 Å². The molecule has 1 saturated heterocycles. The molecule has 1 aliphatic heterocycles. The largest absolute Gasteiger partial charge is 0.497 e. The fraction of sp³-hybridized carbons (Fsp3) is 0.286. The summed E-state index contributed by atoms with van der Waals surface area (Å²) in [7, 11) is 3.49. The molecule has 3 aromatic rings. The Bertz CT molecular complexity index is 1160. The van der Waals surface area contributed by atoms with Crippen LogP contribution in [0.4, 0.5) is 17.1 Å². The van der Waals surface area contributed by atoms with Gasteiger partial charge < -0.3 is 25.0 Å². The predicted molar refractivity (Wildman–Crippen MR) is 142 cm³/mol. The average molecular weight is 489 g/mol. The fourth-order valence-corrected chi connectivity index (χ4v) is 4.10. The van der Waals surface area contributed by atoms with Crippen LogP contribution in [0.3, 0.4) is 0 Å². The van der Waals surface area contributed by atoms with Crippen molar-refractivity contribution in [2.75, 3.05) is 62.5 Å². The highest BCUT2D eigenvalue weighted by molar-refractivity contribution is 6.10. The Kier molecular flexibility index (Phi) is 8.54. The summed E-state index contributed by atoms with van der Waals surface area (Å²) < 4.78 is 10.6. The first-order valence-electron chi connectivity index (χ1n) is 12.0. The maximum absolute atomic E-state index is 12.9.